The van der Waals surface area contributed by atoms with Gasteiger partial charge in [0.25, 0.3) is 0 Å². The number of rotatable bonds is 2. The molecule has 2 aromatic carbocycles. The van der Waals surface area contributed by atoms with Gasteiger partial charge in [-0.05, 0) is 34.7 Å². The van der Waals surface area contributed by atoms with Gasteiger partial charge in [0.1, 0.15) is 5.75 Å². The van der Waals surface area contributed by atoms with E-state index in [1.54, 1.807) is 12.1 Å². The minimum Gasteiger partial charge on any atom is -0.507 e. The van der Waals surface area contributed by atoms with Crippen LogP contribution < -0.4 is 0 Å². The zero-order chi connectivity index (χ0) is 18.1. The first-order chi connectivity index (χ1) is 12.4. The highest BCUT2D eigenvalue weighted by Crippen LogP contribution is 2.61. The quantitative estimate of drug-likeness (QED) is 0.590. The van der Waals surface area contributed by atoms with Crippen LogP contribution in [0.2, 0.25) is 0 Å². The monoisotopic (exact) mass is 376 g/mol. The summed E-state index contributed by atoms with van der Waals surface area (Å²) in [5.74, 6) is 0.00708. The molecule has 0 saturated carbocycles. The first-order valence-electron chi connectivity index (χ1n) is 8.34. The number of fused-ring (bicyclic) bond motifs is 6. The first kappa shape index (κ1) is 16.4. The molecule has 1 aliphatic carbocycles. The van der Waals surface area contributed by atoms with Crippen molar-refractivity contribution in [3.8, 4) is 16.9 Å². The fraction of sp³-hybridized carbons (Fsp3) is 0.333. The molecule has 1 unspecified atom stereocenters. The molecule has 3 N–H and O–H groups in total. The lowest BCUT2D eigenvalue weighted by Crippen LogP contribution is -2.54. The van der Waals surface area contributed by atoms with Crippen LogP contribution in [0.5, 0.6) is 5.75 Å². The van der Waals surface area contributed by atoms with Crippen LogP contribution in [0.15, 0.2) is 36.4 Å². The molecule has 3 saturated heterocycles. The third-order valence-electron chi connectivity index (χ3n) is 5.31. The Morgan fingerprint density at radius 2 is 1.81 bits per heavy atom. The number of phenols is 1. The Labute approximate surface area is 149 Å². The lowest BCUT2D eigenvalue weighted by Gasteiger charge is -2.49. The fourth-order valence-corrected chi connectivity index (χ4v) is 4.82. The highest BCUT2D eigenvalue weighted by Gasteiger charge is 2.61. The van der Waals surface area contributed by atoms with Gasteiger partial charge in [0.05, 0.1) is 19.3 Å². The Balaban J connectivity index is 1.62. The van der Waals surface area contributed by atoms with E-state index in [-0.39, 0.29) is 24.9 Å². The van der Waals surface area contributed by atoms with Gasteiger partial charge in [-0.2, -0.15) is 0 Å². The number of hydrogen-bond donors (Lipinski definition) is 3. The minimum absolute atomic E-state index is 0.137. The van der Waals surface area contributed by atoms with E-state index in [9.17, 15) is 19.5 Å². The molecular weight excluding hydrogens is 359 g/mol. The van der Waals surface area contributed by atoms with Crippen LogP contribution in [0.4, 0.5) is 0 Å². The van der Waals surface area contributed by atoms with E-state index in [1.165, 1.54) is 0 Å². The summed E-state index contributed by atoms with van der Waals surface area (Å²) in [6.45, 7) is 0.275. The normalized spacial score (nSPS) is 29.5. The number of ether oxygens (including phenoxy) is 3. The fourth-order valence-electron chi connectivity index (χ4n) is 4.09. The Kier molecular flexibility index (Phi) is 3.41. The summed E-state index contributed by atoms with van der Waals surface area (Å²) >= 11 is 0. The van der Waals surface area contributed by atoms with Gasteiger partial charge in [0.2, 0.25) is 0 Å². The summed E-state index contributed by atoms with van der Waals surface area (Å²) in [5.41, 5.74) is 2.22. The highest BCUT2D eigenvalue weighted by atomic mass is 31.2. The van der Waals surface area contributed by atoms with E-state index >= 15 is 0 Å². The highest BCUT2D eigenvalue weighted by molar-refractivity contribution is 7.52. The van der Waals surface area contributed by atoms with E-state index in [2.05, 4.69) is 0 Å². The zero-order valence-electron chi connectivity index (χ0n) is 13.7. The topological polar surface area (TPSA) is 105 Å². The van der Waals surface area contributed by atoms with Crippen molar-refractivity contribution in [1.29, 1.82) is 0 Å². The average molecular weight is 376 g/mol. The lowest BCUT2D eigenvalue weighted by atomic mass is 9.89. The summed E-state index contributed by atoms with van der Waals surface area (Å²) in [6, 6.07) is 11.2. The van der Waals surface area contributed by atoms with Crippen molar-refractivity contribution < 1.29 is 33.7 Å². The predicted octanol–water partition coefficient (Wildman–Crippen LogP) is 2.49. The third-order valence-corrected chi connectivity index (χ3v) is 6.39. The Morgan fingerprint density at radius 3 is 2.54 bits per heavy atom. The van der Waals surface area contributed by atoms with E-state index in [0.29, 0.717) is 6.42 Å². The lowest BCUT2D eigenvalue weighted by molar-refractivity contribution is -0.431. The molecule has 3 fully saturated rings. The van der Waals surface area contributed by atoms with Crippen molar-refractivity contribution in [3.63, 3.8) is 0 Å². The van der Waals surface area contributed by atoms with E-state index in [1.807, 2.05) is 24.3 Å². The number of hydrogen-bond acceptors (Lipinski definition) is 5. The largest absolute Gasteiger partial charge is 0.507 e. The number of aromatic hydroxyl groups is 1. The molecule has 2 aromatic rings. The van der Waals surface area contributed by atoms with Gasteiger partial charge in [-0.15, -0.1) is 0 Å². The first-order valence-corrected chi connectivity index (χ1v) is 9.95. The van der Waals surface area contributed by atoms with Crippen LogP contribution in [0.25, 0.3) is 11.1 Å². The third kappa shape index (κ3) is 2.16. The van der Waals surface area contributed by atoms with Crippen molar-refractivity contribution >= 4 is 7.60 Å². The molecule has 26 heavy (non-hydrogen) atoms. The van der Waals surface area contributed by atoms with E-state index < -0.39 is 19.4 Å². The summed E-state index contributed by atoms with van der Waals surface area (Å²) in [7, 11) is -4.80. The van der Waals surface area contributed by atoms with Crippen LogP contribution in [-0.4, -0.2) is 33.8 Å². The standard InChI is InChI=1S/C18H17O7P/c19-15-6-5-13(14-7-10-3-1-2-4-12(10)16(14)15)17-11-8-23-18(25-17,24-9-11)26(20,21)22/h1-6,11,17,19H,7-9H2,(H2,20,21,22). The predicted molar refractivity (Wildman–Crippen MR) is 90.3 cm³/mol. The molecule has 8 heteroatoms. The maximum atomic E-state index is 11.9. The van der Waals surface area contributed by atoms with Crippen molar-refractivity contribution in [2.24, 2.45) is 5.92 Å². The molecular formula is C18H17O7P. The van der Waals surface area contributed by atoms with Gasteiger partial charge in [0, 0.05) is 11.5 Å². The molecule has 0 radical (unpaired) electrons. The molecule has 136 valence electrons. The van der Waals surface area contributed by atoms with Crippen LogP contribution in [0.1, 0.15) is 22.8 Å². The molecule has 3 heterocycles. The number of benzene rings is 2. The molecule has 0 amide bonds. The van der Waals surface area contributed by atoms with Gasteiger partial charge in [0.15, 0.2) is 0 Å². The SMILES string of the molecule is O=P(O)(O)C12OCC(CO1)C(c1ccc(O)c3c1Cc1ccccc1-3)O2. The maximum absolute atomic E-state index is 11.9. The summed E-state index contributed by atoms with van der Waals surface area (Å²) in [5, 5.41) is 10.4. The number of phenolic OH excluding ortho intramolecular Hbond substituents is 1. The van der Waals surface area contributed by atoms with Crippen LogP contribution >= 0.6 is 7.60 Å². The van der Waals surface area contributed by atoms with Crippen molar-refractivity contribution in [1.82, 2.24) is 0 Å². The second-order valence-electron chi connectivity index (χ2n) is 6.85. The Morgan fingerprint density at radius 1 is 1.08 bits per heavy atom. The molecule has 2 bridgehead atoms. The Hall–Kier alpha value is -1.73. The second kappa shape index (κ2) is 5.39. The van der Waals surface area contributed by atoms with Crippen LogP contribution in [0.3, 0.4) is 0 Å². The summed E-state index contributed by atoms with van der Waals surface area (Å²) in [4.78, 5) is 19.3. The molecule has 1 atom stereocenters. The summed E-state index contributed by atoms with van der Waals surface area (Å²) in [6.07, 6.45) is 0.0562. The second-order valence-corrected chi connectivity index (χ2v) is 8.49. The maximum Gasteiger partial charge on any atom is 0.415 e. The molecule has 0 spiro atoms. The molecule has 3 aliphatic heterocycles. The Bertz CT molecular complexity index is 943. The van der Waals surface area contributed by atoms with Crippen molar-refractivity contribution in [2.45, 2.75) is 18.2 Å². The van der Waals surface area contributed by atoms with Crippen molar-refractivity contribution in [2.75, 3.05) is 13.2 Å². The van der Waals surface area contributed by atoms with E-state index in [0.717, 1.165) is 27.8 Å². The van der Waals surface area contributed by atoms with Crippen LogP contribution in [-0.2, 0) is 25.2 Å². The summed E-state index contributed by atoms with van der Waals surface area (Å²) < 4.78 is 28.0. The smallest absolute Gasteiger partial charge is 0.415 e. The van der Waals surface area contributed by atoms with Gasteiger partial charge >= 0.3 is 13.3 Å². The van der Waals surface area contributed by atoms with Gasteiger partial charge in [-0.3, -0.25) is 4.57 Å². The average Bonchev–Trinajstić information content (AvgIpc) is 3.02. The van der Waals surface area contributed by atoms with Gasteiger partial charge < -0.3 is 29.1 Å². The molecule has 6 rings (SSSR count). The van der Waals surface area contributed by atoms with Gasteiger partial charge in [-0.25, -0.2) is 0 Å². The van der Waals surface area contributed by atoms with Crippen molar-refractivity contribution in [3.05, 3.63) is 53.1 Å². The molecule has 4 aliphatic rings. The zero-order valence-corrected chi connectivity index (χ0v) is 14.6. The molecule has 7 nitrogen and oxygen atoms in total. The minimum atomic E-state index is -4.80. The molecule has 0 aromatic heterocycles. The van der Waals surface area contributed by atoms with Crippen LogP contribution in [0, 0.1) is 5.92 Å². The van der Waals surface area contributed by atoms with Gasteiger partial charge in [-0.1, -0.05) is 30.3 Å². The van der Waals surface area contributed by atoms with E-state index in [4.69, 9.17) is 14.2 Å².